The molecule has 24 heavy (non-hydrogen) atoms. The highest BCUT2D eigenvalue weighted by Crippen LogP contribution is 2.22. The first-order valence-corrected chi connectivity index (χ1v) is 7.63. The monoisotopic (exact) mass is 326 g/mol. The Hall–Kier alpha value is -2.73. The quantitative estimate of drug-likeness (QED) is 0.783. The molecule has 3 aromatic rings. The summed E-state index contributed by atoms with van der Waals surface area (Å²) in [7, 11) is 1.77. The Labute approximate surface area is 139 Å². The van der Waals surface area contributed by atoms with Crippen LogP contribution in [0, 0.1) is 12.7 Å². The van der Waals surface area contributed by atoms with Crippen molar-refractivity contribution in [1.29, 1.82) is 0 Å². The number of hydrogen-bond acceptors (Lipinski definition) is 3. The van der Waals surface area contributed by atoms with Crippen molar-refractivity contribution >= 4 is 11.6 Å². The van der Waals surface area contributed by atoms with E-state index in [-0.39, 0.29) is 0 Å². The zero-order chi connectivity index (χ0) is 17.3. The van der Waals surface area contributed by atoms with Gasteiger partial charge in [0, 0.05) is 18.9 Å². The largest absolute Gasteiger partial charge is 0.368 e. The number of benzene rings is 1. The predicted molar refractivity (Wildman–Crippen MR) is 89.7 cm³/mol. The normalized spacial score (nSPS) is 12.7. The van der Waals surface area contributed by atoms with Crippen LogP contribution < -0.4 is 5.73 Å². The molecule has 0 bridgehead atoms. The van der Waals surface area contributed by atoms with Gasteiger partial charge in [0.1, 0.15) is 17.5 Å². The fourth-order valence-electron chi connectivity index (χ4n) is 2.89. The number of amides is 1. The fourth-order valence-corrected chi connectivity index (χ4v) is 2.89. The summed E-state index contributed by atoms with van der Waals surface area (Å²) in [5, 5.41) is 0. The van der Waals surface area contributed by atoms with E-state index < -0.39 is 17.8 Å². The summed E-state index contributed by atoms with van der Waals surface area (Å²) >= 11 is 0. The Bertz CT molecular complexity index is 890. The van der Waals surface area contributed by atoms with Crippen LogP contribution in [-0.4, -0.2) is 27.2 Å². The summed E-state index contributed by atoms with van der Waals surface area (Å²) < 4.78 is 15.4. The van der Waals surface area contributed by atoms with E-state index in [1.165, 1.54) is 12.1 Å². The van der Waals surface area contributed by atoms with Crippen LogP contribution in [0.25, 0.3) is 5.65 Å². The fraction of sp³-hybridized carbons (Fsp3) is 0.222. The Kier molecular flexibility index (Phi) is 4.31. The number of primary amides is 1. The van der Waals surface area contributed by atoms with Crippen molar-refractivity contribution in [2.75, 3.05) is 7.05 Å². The first kappa shape index (κ1) is 16.1. The Balaban J connectivity index is 1.87. The maximum absolute atomic E-state index is 13.5. The first-order chi connectivity index (χ1) is 11.4. The molecular formula is C18H19FN4O. The number of likely N-dealkylation sites (N-methyl/N-ethyl adjacent to an activating group) is 1. The number of halogens is 1. The lowest BCUT2D eigenvalue weighted by Gasteiger charge is -2.25. The molecule has 0 aliphatic rings. The Morgan fingerprint density at radius 1 is 1.33 bits per heavy atom. The van der Waals surface area contributed by atoms with Gasteiger partial charge >= 0.3 is 0 Å². The van der Waals surface area contributed by atoms with Crippen LogP contribution in [-0.2, 0) is 11.3 Å². The molecule has 0 saturated carbocycles. The van der Waals surface area contributed by atoms with Crippen molar-refractivity contribution in [3.63, 3.8) is 0 Å². The van der Waals surface area contributed by atoms with Gasteiger partial charge in [-0.3, -0.25) is 9.69 Å². The molecule has 2 N–H and O–H groups in total. The van der Waals surface area contributed by atoms with E-state index in [0.717, 1.165) is 16.9 Å². The summed E-state index contributed by atoms with van der Waals surface area (Å²) in [4.78, 5) is 18.2. The minimum absolute atomic E-state index is 0.393. The second-order valence-electron chi connectivity index (χ2n) is 5.98. The van der Waals surface area contributed by atoms with Crippen LogP contribution in [0.3, 0.4) is 0 Å². The zero-order valence-corrected chi connectivity index (χ0v) is 13.6. The summed E-state index contributed by atoms with van der Waals surface area (Å²) in [6, 6.07) is 9.16. The van der Waals surface area contributed by atoms with Crippen molar-refractivity contribution in [2.24, 2.45) is 5.73 Å². The Morgan fingerprint density at radius 3 is 2.83 bits per heavy atom. The third-order valence-corrected chi connectivity index (χ3v) is 3.93. The molecule has 2 aromatic heterocycles. The highest BCUT2D eigenvalue weighted by Gasteiger charge is 2.24. The van der Waals surface area contributed by atoms with Gasteiger partial charge in [0.25, 0.3) is 0 Å². The van der Waals surface area contributed by atoms with Crippen LogP contribution in [0.1, 0.15) is 22.9 Å². The van der Waals surface area contributed by atoms with E-state index in [9.17, 15) is 9.18 Å². The molecule has 0 fully saturated rings. The molecule has 0 aliphatic carbocycles. The van der Waals surface area contributed by atoms with Gasteiger partial charge in [0.05, 0.1) is 5.69 Å². The molecule has 5 nitrogen and oxygen atoms in total. The molecule has 0 radical (unpaired) electrons. The molecule has 0 saturated heterocycles. The second kappa shape index (κ2) is 6.41. The molecule has 0 spiro atoms. The topological polar surface area (TPSA) is 63.6 Å². The van der Waals surface area contributed by atoms with Crippen LogP contribution in [0.5, 0.6) is 0 Å². The second-order valence-corrected chi connectivity index (χ2v) is 5.98. The van der Waals surface area contributed by atoms with Crippen LogP contribution in [0.2, 0.25) is 0 Å². The molecule has 1 amide bonds. The van der Waals surface area contributed by atoms with Crippen molar-refractivity contribution < 1.29 is 9.18 Å². The van der Waals surface area contributed by atoms with Crippen LogP contribution in [0.15, 0.2) is 48.8 Å². The number of nitrogens with two attached hydrogens (primary N) is 1. The number of carbonyl (C=O) groups excluding carboxylic acids is 1. The molecule has 0 aliphatic heterocycles. The van der Waals surface area contributed by atoms with Gasteiger partial charge < -0.3 is 10.1 Å². The highest BCUT2D eigenvalue weighted by atomic mass is 19.1. The average Bonchev–Trinajstić information content (AvgIpc) is 2.88. The number of pyridine rings is 1. The van der Waals surface area contributed by atoms with E-state index in [1.807, 2.05) is 35.9 Å². The van der Waals surface area contributed by atoms with E-state index >= 15 is 0 Å². The number of nitrogens with zero attached hydrogens (tertiary/aromatic N) is 3. The summed E-state index contributed by atoms with van der Waals surface area (Å²) in [6.45, 7) is 2.43. The molecule has 6 heteroatoms. The van der Waals surface area contributed by atoms with Crippen molar-refractivity contribution in [2.45, 2.75) is 19.5 Å². The lowest BCUT2D eigenvalue weighted by molar-refractivity contribution is -0.123. The number of aromatic nitrogens is 2. The van der Waals surface area contributed by atoms with E-state index in [0.29, 0.717) is 12.1 Å². The highest BCUT2D eigenvalue weighted by molar-refractivity contribution is 5.81. The SMILES string of the molecule is Cc1ccc2nc(CN(C)C(C(N)=O)c3cccc(F)c3)cn2c1. The molecule has 1 aromatic carbocycles. The Morgan fingerprint density at radius 2 is 2.12 bits per heavy atom. The molecule has 124 valence electrons. The lowest BCUT2D eigenvalue weighted by Crippen LogP contribution is -2.35. The summed E-state index contributed by atoms with van der Waals surface area (Å²) in [5.74, 6) is -0.918. The van der Waals surface area contributed by atoms with Crippen LogP contribution in [0.4, 0.5) is 4.39 Å². The molecule has 2 heterocycles. The van der Waals surface area contributed by atoms with E-state index in [2.05, 4.69) is 4.98 Å². The molecule has 1 unspecified atom stereocenters. The van der Waals surface area contributed by atoms with E-state index in [1.54, 1.807) is 24.1 Å². The molecule has 1 atom stereocenters. The molecule has 3 rings (SSSR count). The van der Waals surface area contributed by atoms with Gasteiger partial charge in [-0.2, -0.15) is 0 Å². The summed E-state index contributed by atoms with van der Waals surface area (Å²) in [5.41, 5.74) is 8.85. The van der Waals surface area contributed by atoms with Gasteiger partial charge in [0.15, 0.2) is 0 Å². The van der Waals surface area contributed by atoms with Gasteiger partial charge in [0.2, 0.25) is 5.91 Å². The van der Waals surface area contributed by atoms with Crippen molar-refractivity contribution in [3.05, 3.63) is 71.4 Å². The minimum Gasteiger partial charge on any atom is -0.368 e. The number of imidazole rings is 1. The standard InChI is InChI=1S/C18H19FN4O/c1-12-6-7-16-21-15(11-23(16)9-12)10-22(2)17(18(20)24)13-4-3-5-14(19)8-13/h3-9,11,17H,10H2,1-2H3,(H2,20,24). The maximum Gasteiger partial charge on any atom is 0.239 e. The van der Waals surface area contributed by atoms with Gasteiger partial charge in [-0.05, 0) is 43.3 Å². The minimum atomic E-state index is -0.716. The number of carbonyl (C=O) groups is 1. The van der Waals surface area contributed by atoms with Crippen molar-refractivity contribution in [1.82, 2.24) is 14.3 Å². The average molecular weight is 326 g/mol. The van der Waals surface area contributed by atoms with Gasteiger partial charge in [-0.15, -0.1) is 0 Å². The zero-order valence-electron chi connectivity index (χ0n) is 13.6. The van der Waals surface area contributed by atoms with E-state index in [4.69, 9.17) is 5.73 Å². The smallest absolute Gasteiger partial charge is 0.239 e. The number of hydrogen-bond donors (Lipinski definition) is 1. The first-order valence-electron chi connectivity index (χ1n) is 7.63. The molecular weight excluding hydrogens is 307 g/mol. The number of aryl methyl sites for hydroxylation is 1. The van der Waals surface area contributed by atoms with Gasteiger partial charge in [-0.25, -0.2) is 9.37 Å². The van der Waals surface area contributed by atoms with Crippen molar-refractivity contribution in [3.8, 4) is 0 Å². The van der Waals surface area contributed by atoms with Crippen LogP contribution >= 0.6 is 0 Å². The third kappa shape index (κ3) is 3.28. The summed E-state index contributed by atoms with van der Waals surface area (Å²) in [6.07, 6.45) is 3.91. The third-order valence-electron chi connectivity index (χ3n) is 3.93. The number of rotatable bonds is 5. The lowest BCUT2D eigenvalue weighted by atomic mass is 10.0. The maximum atomic E-state index is 13.5. The van der Waals surface area contributed by atoms with Gasteiger partial charge in [-0.1, -0.05) is 18.2 Å². The predicted octanol–water partition coefficient (Wildman–Crippen LogP) is 2.44. The number of fused-ring (bicyclic) bond motifs is 1.